The van der Waals surface area contributed by atoms with Crippen LogP contribution in [0.15, 0.2) is 29.2 Å². The topological polar surface area (TPSA) is 72.5 Å². The Morgan fingerprint density at radius 3 is 2.75 bits per heavy atom. The molecule has 0 aromatic heterocycles. The molecule has 88 valence electrons. The number of nitrogens with one attached hydrogen (secondary N) is 1. The van der Waals surface area contributed by atoms with Gasteiger partial charge in [-0.15, -0.1) is 0 Å². The van der Waals surface area contributed by atoms with Gasteiger partial charge in [-0.1, -0.05) is 6.07 Å². The molecule has 0 bridgehead atoms. The van der Waals surface area contributed by atoms with Gasteiger partial charge in [0.15, 0.2) is 0 Å². The number of amides is 1. The van der Waals surface area contributed by atoms with E-state index < -0.39 is 11.1 Å². The van der Waals surface area contributed by atoms with Crippen LogP contribution < -0.4 is 5.32 Å². The molecule has 0 aliphatic rings. The largest absolute Gasteiger partial charge is 0.768 e. The van der Waals surface area contributed by atoms with E-state index in [2.05, 4.69) is 5.32 Å². The van der Waals surface area contributed by atoms with Gasteiger partial charge in [-0.05, 0) is 43.4 Å². The molecular weight excluding hydrogens is 228 g/mol. The molecule has 0 radical (unpaired) electrons. The maximum atomic E-state index is 11.4. The van der Waals surface area contributed by atoms with E-state index in [9.17, 15) is 13.6 Å². The molecule has 0 saturated heterocycles. The Bertz CT molecular complexity index is 407. The third kappa shape index (κ3) is 4.09. The molecule has 0 spiro atoms. The maximum Gasteiger partial charge on any atom is 0.238 e. The van der Waals surface area contributed by atoms with Gasteiger partial charge in [0, 0.05) is 10.6 Å². The SMILES string of the molecule is CN(C)CC(=O)Nc1cccc(S(=O)[O-])c1. The average Bonchev–Trinajstić information content (AvgIpc) is 2.16. The lowest BCUT2D eigenvalue weighted by atomic mass is 10.3. The quantitative estimate of drug-likeness (QED) is 0.776. The van der Waals surface area contributed by atoms with Crippen LogP contribution in [0.25, 0.3) is 0 Å². The molecular formula is C10H13N2O3S-. The highest BCUT2D eigenvalue weighted by molar-refractivity contribution is 7.79. The first-order valence-corrected chi connectivity index (χ1v) is 5.70. The average molecular weight is 241 g/mol. The summed E-state index contributed by atoms with van der Waals surface area (Å²) in [5, 5.41) is 2.61. The molecule has 1 amide bonds. The highest BCUT2D eigenvalue weighted by atomic mass is 32.2. The van der Waals surface area contributed by atoms with Gasteiger partial charge in [-0.3, -0.25) is 9.00 Å². The van der Waals surface area contributed by atoms with Crippen molar-refractivity contribution in [1.29, 1.82) is 0 Å². The summed E-state index contributed by atoms with van der Waals surface area (Å²) in [5.41, 5.74) is 0.480. The molecule has 1 atom stereocenters. The number of carbonyl (C=O) groups is 1. The first-order chi connectivity index (χ1) is 7.49. The fraction of sp³-hybridized carbons (Fsp3) is 0.300. The van der Waals surface area contributed by atoms with E-state index in [4.69, 9.17) is 0 Å². The summed E-state index contributed by atoms with van der Waals surface area (Å²) in [5.74, 6) is -0.182. The van der Waals surface area contributed by atoms with E-state index in [-0.39, 0.29) is 17.3 Å². The minimum atomic E-state index is -2.28. The van der Waals surface area contributed by atoms with Crippen molar-refractivity contribution in [2.24, 2.45) is 0 Å². The van der Waals surface area contributed by atoms with Crippen molar-refractivity contribution >= 4 is 22.7 Å². The van der Waals surface area contributed by atoms with Crippen molar-refractivity contribution in [1.82, 2.24) is 4.90 Å². The first-order valence-electron chi connectivity index (χ1n) is 4.63. The Hall–Kier alpha value is -1.24. The van der Waals surface area contributed by atoms with Gasteiger partial charge in [-0.25, -0.2) is 0 Å². The number of nitrogens with zero attached hydrogens (tertiary/aromatic N) is 1. The summed E-state index contributed by atoms with van der Waals surface area (Å²) in [4.78, 5) is 13.3. The molecule has 0 heterocycles. The van der Waals surface area contributed by atoms with E-state index in [1.165, 1.54) is 12.1 Å². The molecule has 0 aliphatic carbocycles. The number of hydrogen-bond acceptors (Lipinski definition) is 4. The number of likely N-dealkylation sites (N-methyl/N-ethyl adjacent to an activating group) is 1. The number of hydrogen-bond donors (Lipinski definition) is 1. The highest BCUT2D eigenvalue weighted by Crippen LogP contribution is 2.12. The number of carbonyl (C=O) groups excluding carboxylic acids is 1. The van der Waals surface area contributed by atoms with Crippen molar-refractivity contribution in [3.63, 3.8) is 0 Å². The Morgan fingerprint density at radius 1 is 1.50 bits per heavy atom. The summed E-state index contributed by atoms with van der Waals surface area (Å²) >= 11 is -2.28. The van der Waals surface area contributed by atoms with Gasteiger partial charge in [0.25, 0.3) is 0 Å². The number of benzene rings is 1. The highest BCUT2D eigenvalue weighted by Gasteiger charge is 2.03. The summed E-state index contributed by atoms with van der Waals surface area (Å²) in [7, 11) is 3.56. The molecule has 1 aromatic rings. The van der Waals surface area contributed by atoms with Crippen LogP contribution >= 0.6 is 0 Å². The predicted octanol–water partition coefficient (Wildman–Crippen LogP) is 0.425. The summed E-state index contributed by atoms with van der Waals surface area (Å²) in [6, 6.07) is 6.10. The minimum absolute atomic E-state index is 0.155. The minimum Gasteiger partial charge on any atom is -0.768 e. The summed E-state index contributed by atoms with van der Waals surface area (Å²) in [6.45, 7) is 0.255. The van der Waals surface area contributed by atoms with Gasteiger partial charge in [0.2, 0.25) is 5.91 Å². The third-order valence-electron chi connectivity index (χ3n) is 1.77. The lowest BCUT2D eigenvalue weighted by Gasteiger charge is -2.11. The lowest BCUT2D eigenvalue weighted by molar-refractivity contribution is -0.116. The van der Waals surface area contributed by atoms with Crippen LogP contribution in [0, 0.1) is 0 Å². The second-order valence-electron chi connectivity index (χ2n) is 3.55. The fourth-order valence-corrected chi connectivity index (χ4v) is 1.58. The molecule has 5 nitrogen and oxygen atoms in total. The van der Waals surface area contributed by atoms with Crippen molar-refractivity contribution in [2.45, 2.75) is 4.90 Å². The molecule has 6 heteroatoms. The monoisotopic (exact) mass is 241 g/mol. The van der Waals surface area contributed by atoms with Crippen LogP contribution in [0.5, 0.6) is 0 Å². The normalized spacial score (nSPS) is 12.5. The molecule has 1 aromatic carbocycles. The van der Waals surface area contributed by atoms with Crippen LogP contribution in [-0.4, -0.2) is 40.2 Å². The van der Waals surface area contributed by atoms with Crippen LogP contribution in [-0.2, 0) is 15.9 Å². The van der Waals surface area contributed by atoms with Gasteiger partial charge in [-0.2, -0.15) is 0 Å². The maximum absolute atomic E-state index is 11.4. The predicted molar refractivity (Wildman–Crippen MR) is 60.8 cm³/mol. The third-order valence-corrected chi connectivity index (χ3v) is 2.41. The van der Waals surface area contributed by atoms with Crippen molar-refractivity contribution < 1.29 is 13.6 Å². The van der Waals surface area contributed by atoms with E-state index >= 15 is 0 Å². The molecule has 1 N–H and O–H groups in total. The van der Waals surface area contributed by atoms with E-state index in [0.29, 0.717) is 5.69 Å². The van der Waals surface area contributed by atoms with E-state index in [1.54, 1.807) is 31.1 Å². The van der Waals surface area contributed by atoms with Gasteiger partial charge < -0.3 is 14.8 Å². The number of anilines is 1. The Morgan fingerprint density at radius 2 is 2.19 bits per heavy atom. The van der Waals surface area contributed by atoms with Crippen LogP contribution in [0.3, 0.4) is 0 Å². The Kier molecular flexibility index (Phi) is 4.60. The fourth-order valence-electron chi connectivity index (χ4n) is 1.17. The molecule has 0 fully saturated rings. The number of rotatable bonds is 4. The van der Waals surface area contributed by atoms with Crippen LogP contribution in [0.2, 0.25) is 0 Å². The lowest BCUT2D eigenvalue weighted by Crippen LogP contribution is -2.27. The summed E-state index contributed by atoms with van der Waals surface area (Å²) < 4.78 is 21.4. The standard InChI is InChI=1S/C10H14N2O3S/c1-12(2)7-10(13)11-8-4-3-5-9(6-8)16(14)15/h3-6H,7H2,1-2H3,(H,11,13)(H,14,15)/p-1. The molecule has 16 heavy (non-hydrogen) atoms. The zero-order valence-corrected chi connectivity index (χ0v) is 9.91. The molecule has 0 saturated carbocycles. The van der Waals surface area contributed by atoms with Crippen molar-refractivity contribution in [3.8, 4) is 0 Å². The van der Waals surface area contributed by atoms with E-state index in [1.807, 2.05) is 0 Å². The van der Waals surface area contributed by atoms with E-state index in [0.717, 1.165) is 0 Å². The van der Waals surface area contributed by atoms with Crippen LogP contribution in [0.1, 0.15) is 0 Å². The summed E-state index contributed by atoms with van der Waals surface area (Å²) in [6.07, 6.45) is 0. The molecule has 1 rings (SSSR count). The molecule has 0 aliphatic heterocycles. The Labute approximate surface area is 96.7 Å². The Balaban J connectivity index is 2.70. The zero-order valence-electron chi connectivity index (χ0n) is 9.10. The smallest absolute Gasteiger partial charge is 0.238 e. The second kappa shape index (κ2) is 5.74. The van der Waals surface area contributed by atoms with Gasteiger partial charge >= 0.3 is 0 Å². The van der Waals surface area contributed by atoms with Crippen LogP contribution in [0.4, 0.5) is 5.69 Å². The van der Waals surface area contributed by atoms with Gasteiger partial charge in [0.05, 0.1) is 6.54 Å². The zero-order chi connectivity index (χ0) is 12.1. The first kappa shape index (κ1) is 12.8. The van der Waals surface area contributed by atoms with Crippen molar-refractivity contribution in [3.05, 3.63) is 24.3 Å². The van der Waals surface area contributed by atoms with Crippen molar-refractivity contribution in [2.75, 3.05) is 26.0 Å². The molecule has 1 unspecified atom stereocenters. The second-order valence-corrected chi connectivity index (χ2v) is 4.49. The van der Waals surface area contributed by atoms with Gasteiger partial charge in [0.1, 0.15) is 0 Å².